The zero-order valence-corrected chi connectivity index (χ0v) is 8.81. The summed E-state index contributed by atoms with van der Waals surface area (Å²) in [4.78, 5) is 23.1. The summed E-state index contributed by atoms with van der Waals surface area (Å²) in [7, 11) is 0. The molecule has 3 heteroatoms. The first-order valence-corrected chi connectivity index (χ1v) is 5.19. The van der Waals surface area contributed by atoms with Crippen LogP contribution in [0.5, 0.6) is 0 Å². The van der Waals surface area contributed by atoms with E-state index in [1.54, 1.807) is 12.1 Å². The molecule has 0 fully saturated rings. The summed E-state index contributed by atoms with van der Waals surface area (Å²) in [6, 6.07) is 11.1. The van der Waals surface area contributed by atoms with E-state index in [0.717, 1.165) is 10.8 Å². The summed E-state index contributed by atoms with van der Waals surface area (Å²) in [5.74, 6) is -1.98. The van der Waals surface area contributed by atoms with Gasteiger partial charge < -0.3 is 5.11 Å². The minimum atomic E-state index is -0.840. The van der Waals surface area contributed by atoms with Gasteiger partial charge in [0.1, 0.15) is 0 Å². The molecule has 0 saturated carbocycles. The third-order valence-corrected chi connectivity index (χ3v) is 2.89. The summed E-state index contributed by atoms with van der Waals surface area (Å²) in [5.41, 5.74) is 0.942. The fourth-order valence-electron chi connectivity index (χ4n) is 2.03. The Labute approximate surface area is 97.0 Å². The van der Waals surface area contributed by atoms with E-state index in [1.807, 2.05) is 24.3 Å². The molecule has 0 amide bonds. The van der Waals surface area contributed by atoms with E-state index in [9.17, 15) is 14.7 Å². The van der Waals surface area contributed by atoms with E-state index in [2.05, 4.69) is 0 Å². The standard InChI is InChI=1S/C14H8O3/c15-12-7-10-5-8-3-1-2-4-9(8)6-11(10)13(16)14(12)17/h1-7,15H. The number of aliphatic hydroxyl groups is 1. The number of ketones is 2. The highest BCUT2D eigenvalue weighted by Crippen LogP contribution is 2.26. The minimum absolute atomic E-state index is 0.353. The van der Waals surface area contributed by atoms with Crippen molar-refractivity contribution in [2.45, 2.75) is 0 Å². The number of aliphatic hydroxyl groups excluding tert-OH is 1. The lowest BCUT2D eigenvalue weighted by Crippen LogP contribution is -2.21. The second kappa shape index (κ2) is 3.28. The number of carbonyl (C=O) groups excluding carboxylic acids is 2. The van der Waals surface area contributed by atoms with Gasteiger partial charge >= 0.3 is 0 Å². The number of carbonyl (C=O) groups is 2. The van der Waals surface area contributed by atoms with Crippen molar-refractivity contribution < 1.29 is 14.7 Å². The molecule has 0 spiro atoms. The van der Waals surface area contributed by atoms with Gasteiger partial charge in [-0.1, -0.05) is 24.3 Å². The Morgan fingerprint density at radius 1 is 0.882 bits per heavy atom. The molecule has 0 heterocycles. The Morgan fingerprint density at radius 3 is 2.24 bits per heavy atom. The molecule has 2 aromatic carbocycles. The highest BCUT2D eigenvalue weighted by molar-refractivity contribution is 6.51. The number of Topliss-reactive ketones (excluding diaryl/α,β-unsaturated/α-hetero) is 2. The van der Waals surface area contributed by atoms with Gasteiger partial charge in [-0.05, 0) is 34.5 Å². The van der Waals surface area contributed by atoms with Crippen molar-refractivity contribution in [2.24, 2.45) is 0 Å². The first-order chi connectivity index (χ1) is 8.16. The van der Waals surface area contributed by atoms with E-state index in [4.69, 9.17) is 0 Å². The highest BCUT2D eigenvalue weighted by atomic mass is 16.3. The molecule has 1 aliphatic rings. The molecular weight excluding hydrogens is 216 g/mol. The van der Waals surface area contributed by atoms with Gasteiger partial charge in [0.2, 0.25) is 5.78 Å². The zero-order valence-electron chi connectivity index (χ0n) is 8.81. The van der Waals surface area contributed by atoms with Crippen LogP contribution in [0.1, 0.15) is 15.9 Å². The maximum atomic E-state index is 11.7. The topological polar surface area (TPSA) is 54.4 Å². The molecule has 82 valence electrons. The van der Waals surface area contributed by atoms with Crippen molar-refractivity contribution in [3.63, 3.8) is 0 Å². The third kappa shape index (κ3) is 1.36. The molecule has 3 nitrogen and oxygen atoms in total. The SMILES string of the molecule is O=C1C(=O)c2cc3ccccc3cc2C=C1O. The van der Waals surface area contributed by atoms with Crippen molar-refractivity contribution >= 4 is 28.4 Å². The maximum absolute atomic E-state index is 11.7. The molecule has 17 heavy (non-hydrogen) atoms. The molecule has 0 aliphatic heterocycles. The van der Waals surface area contributed by atoms with Crippen molar-refractivity contribution in [3.8, 4) is 0 Å². The third-order valence-electron chi connectivity index (χ3n) is 2.89. The molecule has 0 unspecified atom stereocenters. The zero-order chi connectivity index (χ0) is 12.0. The van der Waals surface area contributed by atoms with Crippen LogP contribution in [0.25, 0.3) is 16.8 Å². The molecule has 0 bridgehead atoms. The Morgan fingerprint density at radius 2 is 1.53 bits per heavy atom. The molecule has 0 atom stereocenters. The predicted molar refractivity (Wildman–Crippen MR) is 63.9 cm³/mol. The van der Waals surface area contributed by atoms with Crippen LogP contribution in [-0.2, 0) is 4.79 Å². The lowest BCUT2D eigenvalue weighted by atomic mass is 9.91. The van der Waals surface area contributed by atoms with Gasteiger partial charge in [-0.2, -0.15) is 0 Å². The van der Waals surface area contributed by atoms with Crippen LogP contribution in [-0.4, -0.2) is 16.7 Å². The number of allylic oxidation sites excluding steroid dienone is 1. The van der Waals surface area contributed by atoms with E-state index >= 15 is 0 Å². The second-order valence-corrected chi connectivity index (χ2v) is 3.97. The van der Waals surface area contributed by atoms with Crippen molar-refractivity contribution in [2.75, 3.05) is 0 Å². The smallest absolute Gasteiger partial charge is 0.267 e. The van der Waals surface area contributed by atoms with Crippen LogP contribution < -0.4 is 0 Å². The van der Waals surface area contributed by atoms with Gasteiger partial charge in [0.25, 0.3) is 5.78 Å². The Hall–Kier alpha value is -2.42. The van der Waals surface area contributed by atoms with Gasteiger partial charge in [0.15, 0.2) is 5.76 Å². The van der Waals surface area contributed by atoms with Crippen LogP contribution in [0.3, 0.4) is 0 Å². The van der Waals surface area contributed by atoms with Crippen molar-refractivity contribution in [3.05, 3.63) is 53.3 Å². The van der Waals surface area contributed by atoms with Gasteiger partial charge in [-0.25, -0.2) is 0 Å². The summed E-state index contributed by atoms with van der Waals surface area (Å²) in [5, 5.41) is 11.2. The molecule has 0 saturated heterocycles. The van der Waals surface area contributed by atoms with Crippen LogP contribution in [0.4, 0.5) is 0 Å². The van der Waals surface area contributed by atoms with Crippen LogP contribution in [0.15, 0.2) is 42.2 Å². The molecule has 3 rings (SSSR count). The van der Waals surface area contributed by atoms with E-state index < -0.39 is 17.3 Å². The van der Waals surface area contributed by atoms with Crippen molar-refractivity contribution in [1.29, 1.82) is 0 Å². The summed E-state index contributed by atoms with van der Waals surface area (Å²) in [6.45, 7) is 0. The van der Waals surface area contributed by atoms with E-state index in [-0.39, 0.29) is 0 Å². The molecule has 2 aromatic rings. The minimum Gasteiger partial charge on any atom is -0.504 e. The largest absolute Gasteiger partial charge is 0.504 e. The number of fused-ring (bicyclic) bond motifs is 2. The first-order valence-electron chi connectivity index (χ1n) is 5.19. The van der Waals surface area contributed by atoms with Gasteiger partial charge in [-0.3, -0.25) is 9.59 Å². The fourth-order valence-corrected chi connectivity index (χ4v) is 2.03. The first kappa shape index (κ1) is 9.78. The summed E-state index contributed by atoms with van der Waals surface area (Å²) in [6.07, 6.45) is 1.34. The predicted octanol–water partition coefficient (Wildman–Crippen LogP) is 2.50. The van der Waals surface area contributed by atoms with Gasteiger partial charge in [-0.15, -0.1) is 0 Å². The van der Waals surface area contributed by atoms with Crippen LogP contribution in [0.2, 0.25) is 0 Å². The summed E-state index contributed by atoms with van der Waals surface area (Å²) < 4.78 is 0. The average molecular weight is 224 g/mol. The Kier molecular flexibility index (Phi) is 1.89. The van der Waals surface area contributed by atoms with Gasteiger partial charge in [0.05, 0.1) is 0 Å². The molecule has 1 N–H and O–H groups in total. The fraction of sp³-hybridized carbons (Fsp3) is 0. The van der Waals surface area contributed by atoms with Crippen LogP contribution >= 0.6 is 0 Å². The Balaban J connectivity index is 2.37. The lowest BCUT2D eigenvalue weighted by Gasteiger charge is -2.12. The monoisotopic (exact) mass is 224 g/mol. The van der Waals surface area contributed by atoms with Gasteiger partial charge in [0, 0.05) is 5.56 Å². The molecule has 0 aromatic heterocycles. The average Bonchev–Trinajstić information content (AvgIpc) is 2.34. The molecular formula is C14H8O3. The van der Waals surface area contributed by atoms with E-state index in [1.165, 1.54) is 6.08 Å². The van der Waals surface area contributed by atoms with Crippen LogP contribution in [0, 0.1) is 0 Å². The molecule has 1 aliphatic carbocycles. The number of hydrogen-bond donors (Lipinski definition) is 1. The second-order valence-electron chi connectivity index (χ2n) is 3.97. The quantitative estimate of drug-likeness (QED) is 0.699. The Bertz CT molecular complexity index is 696. The maximum Gasteiger partial charge on any atom is 0.267 e. The highest BCUT2D eigenvalue weighted by Gasteiger charge is 2.27. The normalized spacial score (nSPS) is 14.7. The number of benzene rings is 2. The number of rotatable bonds is 0. The number of hydrogen-bond acceptors (Lipinski definition) is 3. The molecule has 0 radical (unpaired) electrons. The van der Waals surface area contributed by atoms with Crippen molar-refractivity contribution in [1.82, 2.24) is 0 Å². The van der Waals surface area contributed by atoms with E-state index in [0.29, 0.717) is 11.1 Å². The lowest BCUT2D eigenvalue weighted by molar-refractivity contribution is -0.114. The summed E-state index contributed by atoms with van der Waals surface area (Å²) >= 11 is 0.